The number of hydrogen-bond donors (Lipinski definition) is 1. The van der Waals surface area contributed by atoms with E-state index in [1.807, 2.05) is 31.2 Å². The number of oxime groups is 1. The minimum Gasteiger partial charge on any atom is -0.469 e. The van der Waals surface area contributed by atoms with Gasteiger partial charge in [0.05, 0.1) is 19.7 Å². The first-order valence-corrected chi connectivity index (χ1v) is 5.18. The molecule has 0 aliphatic carbocycles. The van der Waals surface area contributed by atoms with Crippen LogP contribution in [0.5, 0.6) is 0 Å². The standard InChI is InChI=1S/C13H15NO3/c1-10-5-6-11(9-13(15)17-2)8-12(10)4-3-7-14-16/h3-8,16H,9H2,1-2H3/b4-3-,14-7+. The van der Waals surface area contributed by atoms with Crippen LogP contribution in [0.1, 0.15) is 16.7 Å². The Morgan fingerprint density at radius 3 is 2.94 bits per heavy atom. The van der Waals surface area contributed by atoms with Crippen LogP contribution in [-0.2, 0) is 16.0 Å². The second-order valence-electron chi connectivity index (χ2n) is 3.57. The smallest absolute Gasteiger partial charge is 0.309 e. The van der Waals surface area contributed by atoms with E-state index in [-0.39, 0.29) is 12.4 Å². The summed E-state index contributed by atoms with van der Waals surface area (Å²) in [6.45, 7) is 1.97. The van der Waals surface area contributed by atoms with Crippen molar-refractivity contribution in [2.45, 2.75) is 13.3 Å². The number of aryl methyl sites for hydroxylation is 1. The van der Waals surface area contributed by atoms with Gasteiger partial charge in [-0.2, -0.15) is 0 Å². The molecule has 0 bridgehead atoms. The van der Waals surface area contributed by atoms with Crippen LogP contribution in [0.2, 0.25) is 0 Å². The van der Waals surface area contributed by atoms with Crippen molar-refractivity contribution in [3.05, 3.63) is 41.0 Å². The molecule has 0 unspecified atom stereocenters. The lowest BCUT2D eigenvalue weighted by Gasteiger charge is -2.04. The summed E-state index contributed by atoms with van der Waals surface area (Å²) in [6.07, 6.45) is 4.98. The molecule has 0 aliphatic heterocycles. The van der Waals surface area contributed by atoms with Gasteiger partial charge < -0.3 is 9.94 Å². The molecule has 1 aromatic rings. The zero-order valence-corrected chi connectivity index (χ0v) is 9.88. The van der Waals surface area contributed by atoms with E-state index in [9.17, 15) is 4.79 Å². The van der Waals surface area contributed by atoms with Gasteiger partial charge in [-0.3, -0.25) is 4.79 Å². The summed E-state index contributed by atoms with van der Waals surface area (Å²) in [5.41, 5.74) is 2.95. The molecule has 4 nitrogen and oxygen atoms in total. The summed E-state index contributed by atoms with van der Waals surface area (Å²) in [7, 11) is 1.37. The molecule has 1 rings (SSSR count). The van der Waals surface area contributed by atoms with Gasteiger partial charge in [-0.15, -0.1) is 0 Å². The van der Waals surface area contributed by atoms with Crippen molar-refractivity contribution in [2.24, 2.45) is 5.16 Å². The summed E-state index contributed by atoms with van der Waals surface area (Å²) in [4.78, 5) is 11.1. The van der Waals surface area contributed by atoms with Gasteiger partial charge in [0.1, 0.15) is 0 Å². The van der Waals surface area contributed by atoms with Gasteiger partial charge in [0, 0.05) is 0 Å². The number of hydrogen-bond acceptors (Lipinski definition) is 4. The Kier molecular flexibility index (Phi) is 4.94. The van der Waals surface area contributed by atoms with Gasteiger partial charge in [0.2, 0.25) is 0 Å². The van der Waals surface area contributed by atoms with E-state index < -0.39 is 0 Å². The molecule has 0 saturated heterocycles. The maximum atomic E-state index is 11.1. The minimum absolute atomic E-state index is 0.256. The molecule has 90 valence electrons. The maximum absolute atomic E-state index is 11.1. The Morgan fingerprint density at radius 1 is 1.53 bits per heavy atom. The van der Waals surface area contributed by atoms with E-state index in [4.69, 9.17) is 5.21 Å². The zero-order valence-electron chi connectivity index (χ0n) is 9.88. The van der Waals surface area contributed by atoms with Crippen molar-refractivity contribution in [1.29, 1.82) is 0 Å². The largest absolute Gasteiger partial charge is 0.469 e. The van der Waals surface area contributed by atoms with Gasteiger partial charge in [-0.1, -0.05) is 29.4 Å². The first kappa shape index (κ1) is 13.0. The number of carbonyl (C=O) groups is 1. The average Bonchev–Trinajstić information content (AvgIpc) is 2.33. The Bertz CT molecular complexity index is 450. The Hall–Kier alpha value is -2.10. The monoisotopic (exact) mass is 233 g/mol. The molecule has 0 heterocycles. The van der Waals surface area contributed by atoms with Crippen molar-refractivity contribution in [1.82, 2.24) is 0 Å². The zero-order chi connectivity index (χ0) is 12.7. The van der Waals surface area contributed by atoms with Gasteiger partial charge in [0.15, 0.2) is 0 Å². The Labute approximate surface area is 100 Å². The number of nitrogens with zero attached hydrogens (tertiary/aromatic N) is 1. The molecule has 4 heteroatoms. The highest BCUT2D eigenvalue weighted by molar-refractivity contribution is 5.78. The lowest BCUT2D eigenvalue weighted by Crippen LogP contribution is -2.04. The molecule has 0 aromatic heterocycles. The molecular formula is C13H15NO3. The summed E-state index contributed by atoms with van der Waals surface area (Å²) in [6, 6.07) is 5.74. The van der Waals surface area contributed by atoms with Crippen molar-refractivity contribution in [3.63, 3.8) is 0 Å². The Balaban J connectivity index is 2.90. The van der Waals surface area contributed by atoms with E-state index in [0.29, 0.717) is 0 Å². The van der Waals surface area contributed by atoms with Gasteiger partial charge in [-0.25, -0.2) is 0 Å². The molecule has 17 heavy (non-hydrogen) atoms. The molecule has 0 saturated carbocycles. The number of carbonyl (C=O) groups excluding carboxylic acids is 1. The van der Waals surface area contributed by atoms with Crippen LogP contribution in [0.25, 0.3) is 6.08 Å². The van der Waals surface area contributed by atoms with Crippen LogP contribution in [0, 0.1) is 6.92 Å². The third kappa shape index (κ3) is 4.10. The summed E-state index contributed by atoms with van der Waals surface area (Å²) in [5.74, 6) is -0.263. The van der Waals surface area contributed by atoms with Crippen molar-refractivity contribution in [2.75, 3.05) is 7.11 Å². The van der Waals surface area contributed by atoms with Crippen LogP contribution in [0.3, 0.4) is 0 Å². The van der Waals surface area contributed by atoms with E-state index >= 15 is 0 Å². The van der Waals surface area contributed by atoms with Crippen molar-refractivity contribution < 1.29 is 14.7 Å². The molecule has 0 amide bonds. The average molecular weight is 233 g/mol. The topological polar surface area (TPSA) is 58.9 Å². The fourth-order valence-electron chi connectivity index (χ4n) is 1.40. The fraction of sp³-hybridized carbons (Fsp3) is 0.231. The summed E-state index contributed by atoms with van der Waals surface area (Å²) >= 11 is 0. The normalized spacial score (nSPS) is 11.2. The molecule has 0 atom stereocenters. The van der Waals surface area contributed by atoms with Crippen LogP contribution in [-0.4, -0.2) is 24.5 Å². The molecule has 1 aromatic carbocycles. The third-order valence-electron chi connectivity index (χ3n) is 2.35. The van der Waals surface area contributed by atoms with Crippen LogP contribution < -0.4 is 0 Å². The highest BCUT2D eigenvalue weighted by Gasteiger charge is 2.04. The number of esters is 1. The van der Waals surface area contributed by atoms with Crippen LogP contribution in [0.4, 0.5) is 0 Å². The van der Waals surface area contributed by atoms with E-state index in [1.54, 1.807) is 6.08 Å². The molecule has 1 N–H and O–H groups in total. The molecule has 0 radical (unpaired) electrons. The first-order chi connectivity index (χ1) is 8.17. The lowest BCUT2D eigenvalue weighted by atomic mass is 10.0. The van der Waals surface area contributed by atoms with E-state index in [0.717, 1.165) is 16.7 Å². The molecular weight excluding hydrogens is 218 g/mol. The predicted molar refractivity (Wildman–Crippen MR) is 66.2 cm³/mol. The summed E-state index contributed by atoms with van der Waals surface area (Å²) in [5, 5.41) is 11.2. The number of ether oxygens (including phenoxy) is 1. The molecule has 0 spiro atoms. The number of allylic oxidation sites excluding steroid dienone is 1. The SMILES string of the molecule is COC(=O)Cc1ccc(C)c(/C=C\C=N\O)c1. The quantitative estimate of drug-likeness (QED) is 0.375. The second kappa shape index (κ2) is 6.48. The Morgan fingerprint density at radius 2 is 2.29 bits per heavy atom. The summed E-state index contributed by atoms with van der Waals surface area (Å²) < 4.78 is 4.61. The third-order valence-corrected chi connectivity index (χ3v) is 2.35. The highest BCUT2D eigenvalue weighted by Crippen LogP contribution is 2.13. The maximum Gasteiger partial charge on any atom is 0.309 e. The van der Waals surface area contributed by atoms with E-state index in [1.165, 1.54) is 13.3 Å². The van der Waals surface area contributed by atoms with Gasteiger partial charge >= 0.3 is 5.97 Å². The van der Waals surface area contributed by atoms with Crippen molar-refractivity contribution >= 4 is 18.3 Å². The predicted octanol–water partition coefficient (Wildman–Crippen LogP) is 2.18. The minimum atomic E-state index is -0.263. The van der Waals surface area contributed by atoms with Gasteiger partial charge in [-0.05, 0) is 29.7 Å². The highest BCUT2D eigenvalue weighted by atomic mass is 16.5. The number of rotatable bonds is 4. The second-order valence-corrected chi connectivity index (χ2v) is 3.57. The van der Waals surface area contributed by atoms with Crippen LogP contribution >= 0.6 is 0 Å². The van der Waals surface area contributed by atoms with Crippen LogP contribution in [0.15, 0.2) is 29.4 Å². The number of methoxy groups -OCH3 is 1. The van der Waals surface area contributed by atoms with E-state index in [2.05, 4.69) is 9.89 Å². The molecule has 0 fully saturated rings. The number of benzene rings is 1. The lowest BCUT2D eigenvalue weighted by molar-refractivity contribution is -0.139. The van der Waals surface area contributed by atoms with Crippen molar-refractivity contribution in [3.8, 4) is 0 Å². The molecule has 0 aliphatic rings. The first-order valence-electron chi connectivity index (χ1n) is 5.18. The fourth-order valence-corrected chi connectivity index (χ4v) is 1.40. The van der Waals surface area contributed by atoms with Gasteiger partial charge in [0.25, 0.3) is 0 Å².